The van der Waals surface area contributed by atoms with E-state index in [-0.39, 0.29) is 5.41 Å². The molecule has 3 nitrogen and oxygen atoms in total. The maximum atomic E-state index is 5.32. The summed E-state index contributed by atoms with van der Waals surface area (Å²) in [6, 6.07) is 39.9. The van der Waals surface area contributed by atoms with Crippen molar-refractivity contribution in [2.75, 3.05) is 0 Å². The molecule has 206 valence electrons. The normalized spacial score (nSPS) is 15.3. The average molecular weight is 570 g/mol. The molecule has 2 aliphatic rings. The van der Waals surface area contributed by atoms with Crippen molar-refractivity contribution in [2.45, 2.75) is 32.4 Å². The van der Waals surface area contributed by atoms with Crippen LogP contribution in [0.5, 0.6) is 0 Å². The summed E-state index contributed by atoms with van der Waals surface area (Å²) in [6.45, 7) is 9.62. The van der Waals surface area contributed by atoms with Gasteiger partial charge in [-0.25, -0.2) is 9.97 Å². The van der Waals surface area contributed by atoms with E-state index in [9.17, 15) is 0 Å². The Balaban J connectivity index is 1.25. The summed E-state index contributed by atoms with van der Waals surface area (Å²) in [7, 11) is -1.85. The minimum atomic E-state index is -1.85. The molecule has 43 heavy (non-hydrogen) atoms. The summed E-state index contributed by atoms with van der Waals surface area (Å²) < 4.78 is 2.19. The SMILES string of the molecule is CC1(C)c2ccccc2-c2ccc(-c3nc(-n4ccc5c6c(ccc54)-c4ccccc4[Si]6(C)C)nc4ccccc34)cc21. The molecule has 0 atom stereocenters. The highest BCUT2D eigenvalue weighted by Crippen LogP contribution is 2.49. The van der Waals surface area contributed by atoms with Crippen molar-refractivity contribution in [1.82, 2.24) is 14.5 Å². The quantitative estimate of drug-likeness (QED) is 0.196. The van der Waals surface area contributed by atoms with Gasteiger partial charge in [0, 0.05) is 27.9 Å². The molecule has 0 spiro atoms. The molecule has 2 aromatic heterocycles. The van der Waals surface area contributed by atoms with Crippen molar-refractivity contribution >= 4 is 40.3 Å². The molecule has 0 saturated carbocycles. The average Bonchev–Trinajstić information content (AvgIpc) is 3.64. The summed E-state index contributed by atoms with van der Waals surface area (Å²) >= 11 is 0. The molecule has 3 heterocycles. The van der Waals surface area contributed by atoms with Gasteiger partial charge < -0.3 is 0 Å². The minimum Gasteiger partial charge on any atom is -0.285 e. The van der Waals surface area contributed by atoms with Gasteiger partial charge in [0.1, 0.15) is 8.07 Å². The standard InChI is InChI=1S/C39H31N3Si/c1-39(2)31-14-8-5-11-25(31)26-18-17-24(23-32(26)39)36-29-13-6-9-15-33(29)40-38(41-36)42-22-21-30-34(42)20-19-28-27-12-7-10-16-35(27)43(3,4)37(28)30/h5-23H,1-4H3. The van der Waals surface area contributed by atoms with Crippen molar-refractivity contribution in [3.63, 3.8) is 0 Å². The second-order valence-corrected chi connectivity index (χ2v) is 17.4. The molecular formula is C39H31N3Si. The molecule has 5 aromatic carbocycles. The van der Waals surface area contributed by atoms with Crippen molar-refractivity contribution in [2.24, 2.45) is 0 Å². The van der Waals surface area contributed by atoms with Crippen LogP contribution in [0.15, 0.2) is 115 Å². The van der Waals surface area contributed by atoms with E-state index in [4.69, 9.17) is 9.97 Å². The number of rotatable bonds is 2. The Morgan fingerprint density at radius 1 is 0.628 bits per heavy atom. The second-order valence-electron chi connectivity index (χ2n) is 13.1. The maximum absolute atomic E-state index is 5.32. The lowest BCUT2D eigenvalue weighted by atomic mass is 9.82. The van der Waals surface area contributed by atoms with Crippen LogP contribution >= 0.6 is 0 Å². The molecule has 0 saturated heterocycles. The van der Waals surface area contributed by atoms with Gasteiger partial charge >= 0.3 is 0 Å². The Morgan fingerprint density at radius 2 is 1.35 bits per heavy atom. The van der Waals surface area contributed by atoms with E-state index in [1.54, 1.807) is 0 Å². The Labute approximate surface area is 252 Å². The Kier molecular flexibility index (Phi) is 4.83. The van der Waals surface area contributed by atoms with Crippen LogP contribution < -0.4 is 10.4 Å². The zero-order valence-corrected chi connectivity index (χ0v) is 25.8. The third-order valence-electron chi connectivity index (χ3n) is 10.1. The van der Waals surface area contributed by atoms with E-state index in [2.05, 4.69) is 147 Å². The molecule has 7 aromatic rings. The van der Waals surface area contributed by atoms with Gasteiger partial charge in [-0.05, 0) is 68.0 Å². The van der Waals surface area contributed by atoms with Crippen LogP contribution in [0, 0.1) is 0 Å². The first-order valence-electron chi connectivity index (χ1n) is 15.1. The lowest BCUT2D eigenvalue weighted by Gasteiger charge is -2.22. The number of fused-ring (bicyclic) bond motifs is 9. The highest BCUT2D eigenvalue weighted by atomic mass is 28.3. The van der Waals surface area contributed by atoms with Gasteiger partial charge in [0.2, 0.25) is 5.95 Å². The van der Waals surface area contributed by atoms with E-state index < -0.39 is 8.07 Å². The number of para-hydroxylation sites is 1. The summed E-state index contributed by atoms with van der Waals surface area (Å²) in [6.07, 6.45) is 2.16. The first-order valence-corrected chi connectivity index (χ1v) is 18.1. The number of nitrogens with zero attached hydrogens (tertiary/aromatic N) is 3. The number of aromatic nitrogens is 3. The first kappa shape index (κ1) is 24.8. The van der Waals surface area contributed by atoms with E-state index >= 15 is 0 Å². The summed E-state index contributed by atoms with van der Waals surface area (Å²) in [5, 5.41) is 5.43. The van der Waals surface area contributed by atoms with Gasteiger partial charge in [0.05, 0.1) is 16.7 Å². The van der Waals surface area contributed by atoms with Gasteiger partial charge in [-0.15, -0.1) is 0 Å². The largest absolute Gasteiger partial charge is 0.285 e. The van der Waals surface area contributed by atoms with Crippen molar-refractivity contribution in [1.29, 1.82) is 0 Å². The van der Waals surface area contributed by atoms with Crippen molar-refractivity contribution < 1.29 is 0 Å². The molecule has 0 fully saturated rings. The van der Waals surface area contributed by atoms with Crippen LogP contribution in [0.2, 0.25) is 13.1 Å². The summed E-state index contributed by atoms with van der Waals surface area (Å²) in [5.74, 6) is 0.710. The van der Waals surface area contributed by atoms with Crippen LogP contribution in [0.3, 0.4) is 0 Å². The maximum Gasteiger partial charge on any atom is 0.235 e. The molecule has 0 amide bonds. The fourth-order valence-corrected chi connectivity index (χ4v) is 11.4. The predicted molar refractivity (Wildman–Crippen MR) is 182 cm³/mol. The summed E-state index contributed by atoms with van der Waals surface area (Å²) in [5.41, 5.74) is 12.3. The Morgan fingerprint density at radius 3 is 2.23 bits per heavy atom. The second kappa shape index (κ2) is 8.39. The lowest BCUT2D eigenvalue weighted by Crippen LogP contribution is -2.49. The van der Waals surface area contributed by atoms with Crippen LogP contribution in [0.25, 0.3) is 61.3 Å². The van der Waals surface area contributed by atoms with E-state index in [1.807, 2.05) is 0 Å². The Bertz CT molecular complexity index is 2310. The van der Waals surface area contributed by atoms with Crippen LogP contribution in [0.1, 0.15) is 25.0 Å². The first-order chi connectivity index (χ1) is 20.8. The molecule has 1 aliphatic carbocycles. The highest BCUT2D eigenvalue weighted by molar-refractivity contribution is 7.05. The molecule has 4 heteroatoms. The smallest absolute Gasteiger partial charge is 0.235 e. The van der Waals surface area contributed by atoms with Gasteiger partial charge in [-0.2, -0.15) is 0 Å². The van der Waals surface area contributed by atoms with Gasteiger partial charge in [-0.3, -0.25) is 4.57 Å². The zero-order valence-electron chi connectivity index (χ0n) is 24.8. The van der Waals surface area contributed by atoms with Crippen LogP contribution in [-0.4, -0.2) is 22.6 Å². The number of hydrogen-bond donors (Lipinski definition) is 0. The van der Waals surface area contributed by atoms with Gasteiger partial charge in [0.15, 0.2) is 0 Å². The third-order valence-corrected chi connectivity index (χ3v) is 13.6. The van der Waals surface area contributed by atoms with E-state index in [0.717, 1.165) is 22.2 Å². The number of benzene rings is 5. The van der Waals surface area contributed by atoms with Crippen LogP contribution in [0.4, 0.5) is 0 Å². The van der Waals surface area contributed by atoms with Gasteiger partial charge in [0.25, 0.3) is 0 Å². The fourth-order valence-electron chi connectivity index (χ4n) is 7.93. The predicted octanol–water partition coefficient (Wildman–Crippen LogP) is 8.35. The molecule has 9 rings (SSSR count). The van der Waals surface area contributed by atoms with Crippen molar-refractivity contribution in [3.8, 4) is 39.5 Å². The fraction of sp³-hybridized carbons (Fsp3) is 0.128. The molecule has 0 bridgehead atoms. The lowest BCUT2D eigenvalue weighted by molar-refractivity contribution is 0.660. The summed E-state index contributed by atoms with van der Waals surface area (Å²) in [4.78, 5) is 10.4. The molecule has 0 N–H and O–H groups in total. The van der Waals surface area contributed by atoms with E-state index in [1.165, 1.54) is 54.7 Å². The third kappa shape index (κ3) is 3.24. The van der Waals surface area contributed by atoms with Crippen molar-refractivity contribution in [3.05, 3.63) is 127 Å². The Hall–Kier alpha value is -4.80. The zero-order chi connectivity index (χ0) is 29.1. The molecular weight excluding hydrogens is 539 g/mol. The minimum absolute atomic E-state index is 0.0706. The molecule has 1 aliphatic heterocycles. The monoisotopic (exact) mass is 569 g/mol. The molecule has 0 radical (unpaired) electrons. The topological polar surface area (TPSA) is 30.7 Å². The highest BCUT2D eigenvalue weighted by Gasteiger charge is 2.39. The van der Waals surface area contributed by atoms with E-state index in [0.29, 0.717) is 5.95 Å². The van der Waals surface area contributed by atoms with Gasteiger partial charge in [-0.1, -0.05) is 112 Å². The number of hydrogen-bond acceptors (Lipinski definition) is 2. The molecule has 0 unspecified atom stereocenters. The van der Waals surface area contributed by atoms with Crippen LogP contribution in [-0.2, 0) is 5.41 Å².